The van der Waals surface area contributed by atoms with E-state index in [0.29, 0.717) is 12.2 Å². The van der Waals surface area contributed by atoms with Gasteiger partial charge in [-0.1, -0.05) is 6.42 Å². The number of nitrogens with zero attached hydrogens (tertiary/aromatic N) is 4. The number of likely N-dealkylation sites (N-methyl/N-ethyl adjacent to an activating group) is 1. The average molecular weight is 299 g/mol. The van der Waals surface area contributed by atoms with E-state index in [4.69, 9.17) is 4.98 Å². The molecule has 2 aliphatic heterocycles. The zero-order valence-electron chi connectivity index (χ0n) is 13.3. The lowest BCUT2D eigenvalue weighted by molar-refractivity contribution is 0.181. The van der Waals surface area contributed by atoms with E-state index in [-0.39, 0.29) is 0 Å². The summed E-state index contributed by atoms with van der Waals surface area (Å²) >= 11 is 0. The molecule has 4 rings (SSSR count). The maximum absolute atomic E-state index is 4.92. The fourth-order valence-electron chi connectivity index (χ4n) is 3.95. The highest BCUT2D eigenvalue weighted by Crippen LogP contribution is 2.27. The highest BCUT2D eigenvalue weighted by atomic mass is 15.3. The van der Waals surface area contributed by atoms with Gasteiger partial charge in [-0.3, -0.25) is 9.88 Å². The molecule has 0 bridgehead atoms. The molecule has 22 heavy (non-hydrogen) atoms. The zero-order chi connectivity index (χ0) is 14.9. The van der Waals surface area contributed by atoms with Crippen LogP contribution in [0.2, 0.25) is 0 Å². The summed E-state index contributed by atoms with van der Waals surface area (Å²) < 4.78 is 2.37. The molecular formula is C17H25N5. The van der Waals surface area contributed by atoms with Crippen molar-refractivity contribution in [3.8, 4) is 0 Å². The van der Waals surface area contributed by atoms with Gasteiger partial charge < -0.3 is 4.90 Å². The van der Waals surface area contributed by atoms with Crippen LogP contribution in [0.3, 0.4) is 0 Å². The lowest BCUT2D eigenvalue weighted by Gasteiger charge is -2.32. The van der Waals surface area contributed by atoms with E-state index < -0.39 is 0 Å². The molecule has 1 N–H and O–H groups in total. The molecule has 2 saturated heterocycles. The number of aromatic nitrogens is 3. The van der Waals surface area contributed by atoms with Gasteiger partial charge >= 0.3 is 0 Å². The smallest absolute Gasteiger partial charge is 0.161 e. The first-order chi connectivity index (χ1) is 10.8. The van der Waals surface area contributed by atoms with Gasteiger partial charge in [-0.05, 0) is 58.0 Å². The summed E-state index contributed by atoms with van der Waals surface area (Å²) in [5.74, 6) is 1.20. The molecule has 2 aromatic rings. The molecule has 5 heteroatoms. The molecule has 2 unspecified atom stereocenters. The third-order valence-electron chi connectivity index (χ3n) is 5.21. The topological polar surface area (TPSA) is 46.0 Å². The van der Waals surface area contributed by atoms with Crippen LogP contribution in [0.5, 0.6) is 0 Å². The Morgan fingerprint density at radius 2 is 2.23 bits per heavy atom. The summed E-state index contributed by atoms with van der Waals surface area (Å²) in [6.45, 7) is 2.31. The molecule has 0 aliphatic carbocycles. The molecule has 2 atom stereocenters. The van der Waals surface area contributed by atoms with E-state index in [2.05, 4.69) is 32.9 Å². The zero-order valence-corrected chi connectivity index (χ0v) is 13.3. The third kappa shape index (κ3) is 2.52. The quantitative estimate of drug-likeness (QED) is 0.945. The second kappa shape index (κ2) is 5.97. The molecule has 4 heterocycles. The average Bonchev–Trinajstić information content (AvgIpc) is 3.16. The minimum Gasteiger partial charge on any atom is -0.303 e. The van der Waals surface area contributed by atoms with Crippen LogP contribution in [0.15, 0.2) is 18.3 Å². The van der Waals surface area contributed by atoms with E-state index in [1.165, 1.54) is 44.5 Å². The Balaban J connectivity index is 1.70. The van der Waals surface area contributed by atoms with Gasteiger partial charge in [-0.25, -0.2) is 9.97 Å². The Morgan fingerprint density at radius 1 is 1.27 bits per heavy atom. The van der Waals surface area contributed by atoms with Gasteiger partial charge in [0.15, 0.2) is 5.65 Å². The highest BCUT2D eigenvalue weighted by molar-refractivity contribution is 5.71. The maximum Gasteiger partial charge on any atom is 0.161 e. The summed E-state index contributed by atoms with van der Waals surface area (Å²) in [6, 6.07) is 4.69. The molecule has 0 radical (unpaired) electrons. The Bertz CT molecular complexity index is 644. The number of piperidine rings is 1. The largest absolute Gasteiger partial charge is 0.303 e. The van der Waals surface area contributed by atoms with Crippen LogP contribution in [0.25, 0.3) is 11.2 Å². The van der Waals surface area contributed by atoms with Crippen molar-refractivity contribution in [2.45, 2.75) is 50.7 Å². The van der Waals surface area contributed by atoms with Crippen molar-refractivity contribution in [1.82, 2.24) is 24.8 Å². The van der Waals surface area contributed by atoms with E-state index in [1.807, 2.05) is 12.3 Å². The van der Waals surface area contributed by atoms with E-state index in [1.54, 1.807) is 0 Å². The van der Waals surface area contributed by atoms with E-state index >= 15 is 0 Å². The van der Waals surface area contributed by atoms with Crippen LogP contribution >= 0.6 is 0 Å². The number of pyridine rings is 1. The maximum atomic E-state index is 4.92. The molecule has 2 fully saturated rings. The first-order valence-corrected chi connectivity index (χ1v) is 8.58. The lowest BCUT2D eigenvalue weighted by Crippen LogP contribution is -2.38. The fourth-order valence-corrected chi connectivity index (χ4v) is 3.95. The minimum absolute atomic E-state index is 0.365. The molecule has 0 spiro atoms. The molecule has 5 nitrogen and oxygen atoms in total. The number of fused-ring (bicyclic) bond motifs is 1. The number of imidazole rings is 1. The number of nitrogens with one attached hydrogen (secondary N) is 1. The number of hydrogen-bond acceptors (Lipinski definition) is 4. The van der Waals surface area contributed by atoms with E-state index in [0.717, 1.165) is 24.1 Å². The number of rotatable bonds is 3. The van der Waals surface area contributed by atoms with Gasteiger partial charge in [0.2, 0.25) is 0 Å². The molecule has 0 aromatic carbocycles. The van der Waals surface area contributed by atoms with Crippen LogP contribution in [-0.4, -0.2) is 45.6 Å². The van der Waals surface area contributed by atoms with Gasteiger partial charge in [0.25, 0.3) is 0 Å². The normalized spacial score (nSPS) is 26.8. The fraction of sp³-hybridized carbons (Fsp3) is 0.647. The second-order valence-corrected chi connectivity index (χ2v) is 6.69. The van der Waals surface area contributed by atoms with Crippen molar-refractivity contribution < 1.29 is 0 Å². The van der Waals surface area contributed by atoms with Crippen molar-refractivity contribution in [1.29, 1.82) is 0 Å². The SMILES string of the molecule is CN1CCCCC1Cc1nc2cccnc2n1C1CCCN1. The summed E-state index contributed by atoms with van der Waals surface area (Å²) in [6.07, 6.45) is 9.64. The molecular weight excluding hydrogens is 274 g/mol. The highest BCUT2D eigenvalue weighted by Gasteiger charge is 2.26. The minimum atomic E-state index is 0.365. The molecule has 0 saturated carbocycles. The molecule has 2 aliphatic rings. The van der Waals surface area contributed by atoms with Gasteiger partial charge in [0.1, 0.15) is 11.3 Å². The first-order valence-electron chi connectivity index (χ1n) is 8.58. The Hall–Kier alpha value is -1.46. The molecule has 2 aromatic heterocycles. The van der Waals surface area contributed by atoms with Gasteiger partial charge in [-0.15, -0.1) is 0 Å². The Labute approximate surface area is 131 Å². The molecule has 0 amide bonds. The van der Waals surface area contributed by atoms with Crippen LogP contribution in [0, 0.1) is 0 Å². The Morgan fingerprint density at radius 3 is 3.05 bits per heavy atom. The number of likely N-dealkylation sites (tertiary alicyclic amines) is 1. The monoisotopic (exact) mass is 299 g/mol. The van der Waals surface area contributed by atoms with Crippen LogP contribution < -0.4 is 5.32 Å². The second-order valence-electron chi connectivity index (χ2n) is 6.69. The first kappa shape index (κ1) is 14.2. The van der Waals surface area contributed by atoms with Gasteiger partial charge in [0, 0.05) is 18.7 Å². The summed E-state index contributed by atoms with van der Waals surface area (Å²) in [5.41, 5.74) is 2.07. The predicted molar refractivity (Wildman–Crippen MR) is 87.8 cm³/mol. The van der Waals surface area contributed by atoms with E-state index in [9.17, 15) is 0 Å². The third-order valence-corrected chi connectivity index (χ3v) is 5.21. The van der Waals surface area contributed by atoms with Gasteiger partial charge in [0.05, 0.1) is 6.17 Å². The summed E-state index contributed by atoms with van der Waals surface area (Å²) in [7, 11) is 2.25. The summed E-state index contributed by atoms with van der Waals surface area (Å²) in [4.78, 5) is 12.0. The van der Waals surface area contributed by atoms with Crippen molar-refractivity contribution in [3.05, 3.63) is 24.2 Å². The van der Waals surface area contributed by atoms with Crippen LogP contribution in [-0.2, 0) is 6.42 Å². The van der Waals surface area contributed by atoms with Crippen molar-refractivity contribution in [2.75, 3.05) is 20.1 Å². The van der Waals surface area contributed by atoms with Crippen LogP contribution in [0.1, 0.15) is 44.1 Å². The van der Waals surface area contributed by atoms with Crippen molar-refractivity contribution >= 4 is 11.2 Å². The predicted octanol–water partition coefficient (Wildman–Crippen LogP) is 2.34. The van der Waals surface area contributed by atoms with Gasteiger partial charge in [-0.2, -0.15) is 0 Å². The molecule has 118 valence electrons. The van der Waals surface area contributed by atoms with Crippen molar-refractivity contribution in [2.24, 2.45) is 0 Å². The standard InChI is InChI=1S/C17H25N5/c1-21-11-3-2-6-13(21)12-16-20-14-7-4-10-19-17(14)22(16)15-8-5-9-18-15/h4,7,10,13,15,18H,2-3,5-6,8-9,11-12H2,1H3. The lowest BCUT2D eigenvalue weighted by atomic mass is 10.00. The van der Waals surface area contributed by atoms with Crippen LogP contribution in [0.4, 0.5) is 0 Å². The summed E-state index contributed by atoms with van der Waals surface area (Å²) in [5, 5.41) is 3.61. The Kier molecular flexibility index (Phi) is 3.84. The number of hydrogen-bond donors (Lipinski definition) is 1. The van der Waals surface area contributed by atoms with Crippen molar-refractivity contribution in [3.63, 3.8) is 0 Å².